The van der Waals surface area contributed by atoms with Crippen LogP contribution >= 0.6 is 0 Å². The first-order valence-corrected chi connectivity index (χ1v) is 8.65. The van der Waals surface area contributed by atoms with Gasteiger partial charge >= 0.3 is 6.01 Å². The van der Waals surface area contributed by atoms with Crippen LogP contribution in [0.1, 0.15) is 37.7 Å². The van der Waals surface area contributed by atoms with Gasteiger partial charge in [-0.2, -0.15) is 0 Å². The van der Waals surface area contributed by atoms with Crippen molar-refractivity contribution in [2.45, 2.75) is 38.2 Å². The molecule has 2 heterocycles. The van der Waals surface area contributed by atoms with Crippen LogP contribution in [-0.4, -0.2) is 40.0 Å². The Hall–Kier alpha value is -2.50. The van der Waals surface area contributed by atoms with E-state index in [9.17, 15) is 9.18 Å². The van der Waals surface area contributed by atoms with Crippen LogP contribution in [0.4, 0.5) is 4.39 Å². The Morgan fingerprint density at radius 3 is 2.48 bits per heavy atom. The number of piperidine rings is 1. The Morgan fingerprint density at radius 1 is 1.24 bits per heavy atom. The smallest absolute Gasteiger partial charge is 0.316 e. The van der Waals surface area contributed by atoms with Crippen molar-refractivity contribution in [1.29, 1.82) is 0 Å². The SMILES string of the molecule is CCC(C(=O)N1CCC(Oc2ncc(F)cn2)CC1)c1ccccc1. The number of aromatic nitrogens is 2. The van der Waals surface area contributed by atoms with Gasteiger partial charge in [0.15, 0.2) is 5.82 Å². The van der Waals surface area contributed by atoms with Gasteiger partial charge in [-0.25, -0.2) is 14.4 Å². The Balaban J connectivity index is 1.56. The Kier molecular flexibility index (Phi) is 5.58. The van der Waals surface area contributed by atoms with Gasteiger partial charge in [-0.3, -0.25) is 4.79 Å². The van der Waals surface area contributed by atoms with E-state index in [1.807, 2.05) is 42.2 Å². The minimum Gasteiger partial charge on any atom is -0.460 e. The molecule has 6 heteroatoms. The summed E-state index contributed by atoms with van der Waals surface area (Å²) in [6.45, 7) is 3.33. The van der Waals surface area contributed by atoms with Crippen molar-refractivity contribution in [1.82, 2.24) is 14.9 Å². The van der Waals surface area contributed by atoms with Gasteiger partial charge in [-0.05, 0) is 12.0 Å². The summed E-state index contributed by atoms with van der Waals surface area (Å²) in [7, 11) is 0. The van der Waals surface area contributed by atoms with E-state index in [1.165, 1.54) is 0 Å². The molecular weight excluding hydrogens is 321 g/mol. The molecule has 1 aliphatic rings. The van der Waals surface area contributed by atoms with Crippen LogP contribution in [-0.2, 0) is 4.79 Å². The predicted molar refractivity (Wildman–Crippen MR) is 91.7 cm³/mol. The Bertz CT molecular complexity index is 686. The molecule has 0 spiro atoms. The van der Waals surface area contributed by atoms with E-state index in [0.717, 1.165) is 37.2 Å². The second-order valence-electron chi connectivity index (χ2n) is 6.20. The molecule has 0 bridgehead atoms. The molecule has 1 saturated heterocycles. The number of halogens is 1. The molecular formula is C19H22FN3O2. The van der Waals surface area contributed by atoms with E-state index in [2.05, 4.69) is 9.97 Å². The lowest BCUT2D eigenvalue weighted by Crippen LogP contribution is -2.43. The molecule has 1 amide bonds. The van der Waals surface area contributed by atoms with Crippen LogP contribution in [0.3, 0.4) is 0 Å². The van der Waals surface area contributed by atoms with Crippen molar-refractivity contribution in [2.75, 3.05) is 13.1 Å². The summed E-state index contributed by atoms with van der Waals surface area (Å²) in [5.41, 5.74) is 1.06. The van der Waals surface area contributed by atoms with Crippen molar-refractivity contribution in [2.24, 2.45) is 0 Å². The lowest BCUT2D eigenvalue weighted by atomic mass is 9.94. The summed E-state index contributed by atoms with van der Waals surface area (Å²) >= 11 is 0. The maximum Gasteiger partial charge on any atom is 0.316 e. The monoisotopic (exact) mass is 343 g/mol. The van der Waals surface area contributed by atoms with Crippen LogP contribution in [0.15, 0.2) is 42.7 Å². The highest BCUT2D eigenvalue weighted by atomic mass is 19.1. The molecule has 2 aromatic rings. The average molecular weight is 343 g/mol. The van der Waals surface area contributed by atoms with Crippen LogP contribution in [0, 0.1) is 5.82 Å². The second-order valence-corrected chi connectivity index (χ2v) is 6.20. The van der Waals surface area contributed by atoms with E-state index in [1.54, 1.807) is 0 Å². The van der Waals surface area contributed by atoms with Crippen molar-refractivity contribution in [3.63, 3.8) is 0 Å². The number of amides is 1. The molecule has 1 fully saturated rings. The van der Waals surface area contributed by atoms with Gasteiger partial charge in [0.1, 0.15) is 6.10 Å². The van der Waals surface area contributed by atoms with Crippen LogP contribution in [0.5, 0.6) is 6.01 Å². The van der Waals surface area contributed by atoms with E-state index in [-0.39, 0.29) is 23.9 Å². The quantitative estimate of drug-likeness (QED) is 0.837. The summed E-state index contributed by atoms with van der Waals surface area (Å²) < 4.78 is 18.5. The van der Waals surface area contributed by atoms with E-state index >= 15 is 0 Å². The number of likely N-dealkylation sites (tertiary alicyclic amines) is 1. The largest absolute Gasteiger partial charge is 0.460 e. The van der Waals surface area contributed by atoms with Crippen molar-refractivity contribution >= 4 is 5.91 Å². The zero-order valence-corrected chi connectivity index (χ0v) is 14.3. The molecule has 3 rings (SSSR count). The summed E-state index contributed by atoms with van der Waals surface area (Å²) in [4.78, 5) is 22.4. The van der Waals surface area contributed by atoms with Crippen LogP contribution in [0.2, 0.25) is 0 Å². The minimum absolute atomic E-state index is 0.0497. The standard InChI is InChI=1S/C19H22FN3O2/c1-2-17(14-6-4-3-5-7-14)18(24)23-10-8-16(9-11-23)25-19-21-12-15(20)13-22-19/h3-7,12-13,16-17H,2,8-11H2,1H3. The predicted octanol–water partition coefficient (Wildman–Crippen LogP) is 3.18. The number of hydrogen-bond acceptors (Lipinski definition) is 4. The number of benzene rings is 1. The van der Waals surface area contributed by atoms with Gasteiger partial charge in [-0.15, -0.1) is 0 Å². The Morgan fingerprint density at radius 2 is 1.88 bits per heavy atom. The zero-order chi connectivity index (χ0) is 17.6. The molecule has 25 heavy (non-hydrogen) atoms. The molecule has 132 valence electrons. The van der Waals surface area contributed by atoms with E-state index in [0.29, 0.717) is 13.1 Å². The first-order chi connectivity index (χ1) is 12.2. The van der Waals surface area contributed by atoms with Crippen molar-refractivity contribution < 1.29 is 13.9 Å². The molecule has 1 aromatic carbocycles. The highest BCUT2D eigenvalue weighted by Crippen LogP contribution is 2.24. The molecule has 1 aromatic heterocycles. The van der Waals surface area contributed by atoms with Gasteiger partial charge in [0, 0.05) is 25.9 Å². The average Bonchev–Trinajstić information content (AvgIpc) is 2.66. The minimum atomic E-state index is -0.487. The summed E-state index contributed by atoms with van der Waals surface area (Å²) in [6.07, 6.45) is 4.35. The molecule has 1 aliphatic heterocycles. The number of ether oxygens (including phenoxy) is 1. The number of nitrogens with zero attached hydrogens (tertiary/aromatic N) is 3. The van der Waals surface area contributed by atoms with Crippen LogP contribution in [0.25, 0.3) is 0 Å². The maximum absolute atomic E-state index is 12.9. The van der Waals surface area contributed by atoms with Gasteiger partial charge in [0.05, 0.1) is 18.3 Å². The highest BCUT2D eigenvalue weighted by Gasteiger charge is 2.29. The summed E-state index contributed by atoms with van der Waals surface area (Å²) in [5.74, 6) is -0.413. The van der Waals surface area contributed by atoms with Crippen molar-refractivity contribution in [3.8, 4) is 6.01 Å². The molecule has 0 aliphatic carbocycles. The first-order valence-electron chi connectivity index (χ1n) is 8.65. The third-order valence-corrected chi connectivity index (χ3v) is 4.53. The lowest BCUT2D eigenvalue weighted by molar-refractivity contribution is -0.134. The first kappa shape index (κ1) is 17.3. The number of carbonyl (C=O) groups excluding carboxylic acids is 1. The zero-order valence-electron chi connectivity index (χ0n) is 14.3. The third kappa shape index (κ3) is 4.32. The number of carbonyl (C=O) groups is 1. The van der Waals surface area contributed by atoms with E-state index < -0.39 is 5.82 Å². The molecule has 0 radical (unpaired) electrons. The number of rotatable bonds is 5. The second kappa shape index (κ2) is 8.05. The molecule has 5 nitrogen and oxygen atoms in total. The Labute approximate surface area is 146 Å². The lowest BCUT2D eigenvalue weighted by Gasteiger charge is -2.34. The van der Waals surface area contributed by atoms with Crippen LogP contribution < -0.4 is 4.74 Å². The number of hydrogen-bond donors (Lipinski definition) is 0. The van der Waals surface area contributed by atoms with Gasteiger partial charge in [-0.1, -0.05) is 37.3 Å². The maximum atomic E-state index is 12.9. The third-order valence-electron chi connectivity index (χ3n) is 4.53. The van der Waals surface area contributed by atoms with Gasteiger partial charge in [0.25, 0.3) is 0 Å². The van der Waals surface area contributed by atoms with Crippen molar-refractivity contribution in [3.05, 3.63) is 54.1 Å². The molecule has 0 N–H and O–H groups in total. The molecule has 1 atom stereocenters. The van der Waals surface area contributed by atoms with Gasteiger partial charge < -0.3 is 9.64 Å². The van der Waals surface area contributed by atoms with Gasteiger partial charge in [0.2, 0.25) is 5.91 Å². The highest BCUT2D eigenvalue weighted by molar-refractivity contribution is 5.83. The fraction of sp³-hybridized carbons (Fsp3) is 0.421. The normalized spacial score (nSPS) is 16.5. The molecule has 0 saturated carbocycles. The summed E-state index contributed by atoms with van der Waals surface area (Å²) in [6, 6.07) is 10.1. The molecule has 1 unspecified atom stereocenters. The summed E-state index contributed by atoms with van der Waals surface area (Å²) in [5, 5.41) is 0. The fourth-order valence-corrected chi connectivity index (χ4v) is 3.16. The van der Waals surface area contributed by atoms with E-state index in [4.69, 9.17) is 4.74 Å². The fourth-order valence-electron chi connectivity index (χ4n) is 3.16. The topological polar surface area (TPSA) is 55.3 Å².